The third-order valence-electron chi connectivity index (χ3n) is 9.00. The maximum Gasteiger partial charge on any atom is 0.248 e. The molecule has 1 N–H and O–H groups in total. The van der Waals surface area contributed by atoms with Crippen molar-refractivity contribution in [3.05, 3.63) is 96.6 Å². The minimum absolute atomic E-state index is 0.109. The van der Waals surface area contributed by atoms with Gasteiger partial charge in [0.25, 0.3) is 0 Å². The molecule has 0 radical (unpaired) electrons. The summed E-state index contributed by atoms with van der Waals surface area (Å²) in [5.74, 6) is 1.54. The zero-order valence-electron chi connectivity index (χ0n) is 22.1. The van der Waals surface area contributed by atoms with E-state index in [-0.39, 0.29) is 47.8 Å². The summed E-state index contributed by atoms with van der Waals surface area (Å²) in [6, 6.07) is 23.0. The number of hydrogen-bond acceptors (Lipinski definition) is 5. The molecule has 1 heterocycles. The number of nitrogens with zero attached hydrogens (tertiary/aromatic N) is 1. The summed E-state index contributed by atoms with van der Waals surface area (Å²) in [6.45, 7) is 0. The Bertz CT molecular complexity index is 1460. The number of imide groups is 1. The number of methoxy groups -OCH3 is 1. The van der Waals surface area contributed by atoms with Crippen LogP contribution in [0, 0.1) is 35.5 Å². The van der Waals surface area contributed by atoms with Crippen LogP contribution in [0.15, 0.2) is 91.0 Å². The number of rotatable bonds is 8. The van der Waals surface area contributed by atoms with E-state index in [0.717, 1.165) is 12.0 Å². The van der Waals surface area contributed by atoms with Crippen LogP contribution in [0.3, 0.4) is 0 Å². The number of benzene rings is 3. The van der Waals surface area contributed by atoms with E-state index >= 15 is 0 Å². The van der Waals surface area contributed by atoms with Crippen LogP contribution in [-0.4, -0.2) is 35.8 Å². The molecule has 7 heteroatoms. The van der Waals surface area contributed by atoms with Crippen LogP contribution in [0.4, 0.5) is 5.69 Å². The lowest BCUT2D eigenvalue weighted by Gasteiger charge is -2.37. The Labute approximate surface area is 232 Å². The minimum Gasteiger partial charge on any atom is -0.493 e. The Hall–Kier alpha value is -4.39. The molecule has 1 saturated heterocycles. The number of nitrogens with one attached hydrogen (secondary N) is 1. The summed E-state index contributed by atoms with van der Waals surface area (Å²) in [5.41, 5.74) is 1.44. The standard InChI is InChI=1S/C33H30N2O5/c1-39-27-9-5-6-10-28(27)40-21-13-11-20(12-14-21)34-31(36)26(17-19-7-3-2-4-8-19)35-32(37)29-22-15-16-23(25-18-24(22)25)30(29)33(35)38/h2-16,22-26,29-30H,17-18H2,1H3,(H,34,36)/t22-,23-,24-,25-,26-,29+,30+/m0/s1. The predicted octanol–water partition coefficient (Wildman–Crippen LogP) is 5.09. The van der Waals surface area contributed by atoms with Crippen LogP contribution < -0.4 is 14.8 Å². The number of carbonyl (C=O) groups is 3. The van der Waals surface area contributed by atoms with Crippen molar-refractivity contribution < 1.29 is 23.9 Å². The molecule has 3 aromatic rings. The molecule has 5 aliphatic rings. The second-order valence-electron chi connectivity index (χ2n) is 11.2. The van der Waals surface area contributed by atoms with Crippen LogP contribution in [0.5, 0.6) is 17.2 Å². The van der Waals surface area contributed by atoms with E-state index in [1.807, 2.05) is 54.6 Å². The molecule has 0 spiro atoms. The second-order valence-corrected chi connectivity index (χ2v) is 11.2. The first-order chi connectivity index (χ1) is 19.5. The molecule has 2 saturated carbocycles. The Morgan fingerprint density at radius 2 is 1.45 bits per heavy atom. The van der Waals surface area contributed by atoms with Crippen molar-refractivity contribution in [3.63, 3.8) is 0 Å². The van der Waals surface area contributed by atoms with E-state index in [4.69, 9.17) is 9.47 Å². The van der Waals surface area contributed by atoms with Crippen molar-refractivity contribution in [2.75, 3.05) is 12.4 Å². The van der Waals surface area contributed by atoms with Gasteiger partial charge in [-0.25, -0.2) is 0 Å². The van der Waals surface area contributed by atoms with Crippen LogP contribution in [0.2, 0.25) is 0 Å². The van der Waals surface area contributed by atoms with Crippen LogP contribution in [0.25, 0.3) is 0 Å². The van der Waals surface area contributed by atoms with Gasteiger partial charge in [0.05, 0.1) is 18.9 Å². The van der Waals surface area contributed by atoms with Crippen LogP contribution in [0.1, 0.15) is 12.0 Å². The Balaban J connectivity index is 1.13. The highest BCUT2D eigenvalue weighted by molar-refractivity contribution is 6.10. The van der Waals surface area contributed by atoms with E-state index in [0.29, 0.717) is 34.8 Å². The van der Waals surface area contributed by atoms with Gasteiger partial charge < -0.3 is 14.8 Å². The maximum atomic E-state index is 13.8. The van der Waals surface area contributed by atoms with Crippen LogP contribution >= 0.6 is 0 Å². The number of ether oxygens (including phenoxy) is 2. The lowest BCUT2D eigenvalue weighted by molar-refractivity contribution is -0.146. The molecular weight excluding hydrogens is 504 g/mol. The lowest BCUT2D eigenvalue weighted by Crippen LogP contribution is -2.49. The summed E-state index contributed by atoms with van der Waals surface area (Å²) < 4.78 is 11.3. The van der Waals surface area contributed by atoms with Crippen molar-refractivity contribution in [3.8, 4) is 17.2 Å². The van der Waals surface area contributed by atoms with Crippen molar-refractivity contribution in [1.29, 1.82) is 0 Å². The number of amides is 3. The van der Waals surface area contributed by atoms with Gasteiger partial charge in [-0.2, -0.15) is 0 Å². The normalized spacial score (nSPS) is 28.1. The smallest absolute Gasteiger partial charge is 0.248 e. The van der Waals surface area contributed by atoms with E-state index in [9.17, 15) is 14.4 Å². The Morgan fingerprint density at radius 1 is 0.850 bits per heavy atom. The van der Waals surface area contributed by atoms with Gasteiger partial charge in [0.1, 0.15) is 11.8 Å². The molecule has 1 aliphatic heterocycles. The van der Waals surface area contributed by atoms with Gasteiger partial charge in [0.15, 0.2) is 11.5 Å². The predicted molar refractivity (Wildman–Crippen MR) is 149 cm³/mol. The third kappa shape index (κ3) is 4.08. The summed E-state index contributed by atoms with van der Waals surface area (Å²) in [6.07, 6.45) is 5.65. The fourth-order valence-electron chi connectivity index (χ4n) is 7.09. The van der Waals surface area contributed by atoms with Crippen molar-refractivity contribution in [2.45, 2.75) is 18.9 Å². The number of hydrogen-bond donors (Lipinski definition) is 1. The summed E-state index contributed by atoms with van der Waals surface area (Å²) in [4.78, 5) is 42.7. The van der Waals surface area contributed by atoms with Gasteiger partial charge >= 0.3 is 0 Å². The monoisotopic (exact) mass is 534 g/mol. The molecule has 7 nitrogen and oxygen atoms in total. The van der Waals surface area contributed by atoms with Gasteiger partial charge in [0.2, 0.25) is 17.7 Å². The topological polar surface area (TPSA) is 84.9 Å². The van der Waals surface area contributed by atoms with E-state index in [2.05, 4.69) is 17.5 Å². The molecule has 40 heavy (non-hydrogen) atoms. The van der Waals surface area contributed by atoms with Gasteiger partial charge in [-0.15, -0.1) is 0 Å². The average Bonchev–Trinajstić information content (AvgIpc) is 3.77. The average molecular weight is 535 g/mol. The van der Waals surface area contributed by atoms with Crippen molar-refractivity contribution in [1.82, 2.24) is 4.90 Å². The van der Waals surface area contributed by atoms with Crippen molar-refractivity contribution in [2.24, 2.45) is 35.5 Å². The SMILES string of the molecule is COc1ccccc1Oc1ccc(NC(=O)[C@H](Cc2ccccc2)N2C(=O)[C@@H]3[C@H]4C=C[C@@H]([C@@H]5C[C@@H]45)[C@H]3C2=O)cc1. The molecule has 4 aliphatic carbocycles. The molecule has 2 bridgehead atoms. The fourth-order valence-corrected chi connectivity index (χ4v) is 7.09. The Morgan fingerprint density at radius 3 is 2.08 bits per heavy atom. The molecule has 202 valence electrons. The van der Waals surface area contributed by atoms with Gasteiger partial charge in [-0.05, 0) is 72.1 Å². The van der Waals surface area contributed by atoms with E-state index < -0.39 is 6.04 Å². The quantitative estimate of drug-likeness (QED) is 0.322. The lowest BCUT2D eigenvalue weighted by atomic mass is 9.63. The number of allylic oxidation sites excluding steroid dienone is 2. The zero-order chi connectivity index (χ0) is 27.4. The molecule has 0 aromatic heterocycles. The second kappa shape index (κ2) is 9.66. The largest absolute Gasteiger partial charge is 0.493 e. The van der Waals surface area contributed by atoms with Gasteiger partial charge in [-0.1, -0.05) is 54.6 Å². The highest BCUT2D eigenvalue weighted by atomic mass is 16.5. The van der Waals surface area contributed by atoms with Gasteiger partial charge in [0, 0.05) is 12.1 Å². The molecule has 3 amide bonds. The molecule has 7 atom stereocenters. The van der Waals surface area contributed by atoms with E-state index in [1.54, 1.807) is 31.4 Å². The minimum atomic E-state index is -0.937. The molecule has 0 unspecified atom stereocenters. The molecule has 8 rings (SSSR count). The molecule has 3 aromatic carbocycles. The van der Waals surface area contributed by atoms with Gasteiger partial charge in [-0.3, -0.25) is 19.3 Å². The highest BCUT2D eigenvalue weighted by Crippen LogP contribution is 2.65. The fraction of sp³-hybridized carbons (Fsp3) is 0.303. The molecule has 3 fully saturated rings. The summed E-state index contributed by atoms with van der Waals surface area (Å²) in [7, 11) is 1.58. The Kier molecular flexibility index (Phi) is 5.95. The first-order valence-corrected chi connectivity index (χ1v) is 13.8. The molecular formula is C33H30N2O5. The zero-order valence-corrected chi connectivity index (χ0v) is 22.1. The summed E-state index contributed by atoms with van der Waals surface area (Å²) >= 11 is 0. The number of likely N-dealkylation sites (tertiary alicyclic amines) is 1. The van der Waals surface area contributed by atoms with Crippen LogP contribution in [-0.2, 0) is 20.8 Å². The number of anilines is 1. The van der Waals surface area contributed by atoms with Crippen molar-refractivity contribution >= 4 is 23.4 Å². The summed E-state index contributed by atoms with van der Waals surface area (Å²) in [5, 5.41) is 2.95. The third-order valence-corrected chi connectivity index (χ3v) is 9.00. The van der Waals surface area contributed by atoms with E-state index in [1.165, 1.54) is 4.90 Å². The highest BCUT2D eigenvalue weighted by Gasteiger charge is 2.67. The first-order valence-electron chi connectivity index (χ1n) is 13.8. The number of carbonyl (C=O) groups excluding carboxylic acids is 3. The number of para-hydroxylation sites is 2. The maximum absolute atomic E-state index is 13.8. The first kappa shape index (κ1) is 24.6.